The molecule has 2 aliphatic heterocycles. The van der Waals surface area contributed by atoms with Crippen molar-refractivity contribution in [1.82, 2.24) is 9.62 Å². The smallest absolute Gasteiger partial charge is 0.246 e. The van der Waals surface area contributed by atoms with E-state index in [4.69, 9.17) is 4.74 Å². The lowest BCUT2D eigenvalue weighted by molar-refractivity contribution is -0.160. The number of amides is 1. The maximum absolute atomic E-state index is 12.2. The average Bonchev–Trinajstić information content (AvgIpc) is 3.11. The fourth-order valence-corrected chi connectivity index (χ4v) is 4.47. The lowest BCUT2D eigenvalue weighted by Crippen LogP contribution is -2.66. The third-order valence-corrected chi connectivity index (χ3v) is 6.18. The van der Waals surface area contributed by atoms with Crippen molar-refractivity contribution in [3.05, 3.63) is 28.5 Å². The van der Waals surface area contributed by atoms with Gasteiger partial charge in [0.25, 0.3) is 0 Å². The molecular weight excluding hydrogens is 348 g/mol. The van der Waals surface area contributed by atoms with Gasteiger partial charge in [-0.3, -0.25) is 4.79 Å². The molecule has 0 saturated carbocycles. The summed E-state index contributed by atoms with van der Waals surface area (Å²) in [6.45, 7) is 2.27. The average molecular weight is 370 g/mol. The number of carbonyl (C=O) groups excluding carboxylic acids is 1. The Morgan fingerprint density at radius 1 is 1.54 bits per heavy atom. The Morgan fingerprint density at radius 3 is 3.00 bits per heavy atom. The van der Waals surface area contributed by atoms with Crippen molar-refractivity contribution in [3.8, 4) is 0 Å². The van der Waals surface area contributed by atoms with Gasteiger partial charge in [0.15, 0.2) is 0 Å². The second-order valence-corrected chi connectivity index (χ2v) is 9.21. The van der Waals surface area contributed by atoms with E-state index < -0.39 is 10.0 Å². The Bertz CT molecular complexity index is 706. The second kappa shape index (κ2) is 6.95. The molecule has 0 radical (unpaired) electrons. The molecule has 2 fully saturated rings. The zero-order chi connectivity index (χ0) is 17.2. The van der Waals surface area contributed by atoms with E-state index >= 15 is 0 Å². The maximum atomic E-state index is 12.2. The molecule has 3 rings (SSSR count). The van der Waals surface area contributed by atoms with Crippen LogP contribution in [0.2, 0.25) is 0 Å². The van der Waals surface area contributed by atoms with Crippen molar-refractivity contribution in [2.75, 3.05) is 32.5 Å². The Morgan fingerprint density at radius 2 is 2.33 bits per heavy atom. The molecule has 3 heterocycles. The van der Waals surface area contributed by atoms with Gasteiger partial charge in [0.1, 0.15) is 5.60 Å². The number of sulfonamides is 1. The number of hydrogen-bond acceptors (Lipinski definition) is 5. The van der Waals surface area contributed by atoms with E-state index in [-0.39, 0.29) is 17.4 Å². The minimum atomic E-state index is -3.16. The third-order valence-electron chi connectivity index (χ3n) is 4.62. The zero-order valence-corrected chi connectivity index (χ0v) is 15.2. The van der Waals surface area contributed by atoms with Crippen molar-refractivity contribution in [2.24, 2.45) is 5.92 Å². The molecule has 6 nitrogen and oxygen atoms in total. The SMILES string of the molecule is CS(=O)(=O)NCC[C@H]1CCOC12CN(C(=O)/C=C/c1cccs1)C2. The molecule has 2 saturated heterocycles. The number of rotatable bonds is 6. The molecule has 0 aromatic carbocycles. The number of nitrogens with zero attached hydrogens (tertiary/aromatic N) is 1. The summed E-state index contributed by atoms with van der Waals surface area (Å²) in [6.07, 6.45) is 6.26. The van der Waals surface area contributed by atoms with Crippen LogP contribution in [-0.4, -0.2) is 57.3 Å². The van der Waals surface area contributed by atoms with Crippen molar-refractivity contribution in [3.63, 3.8) is 0 Å². The van der Waals surface area contributed by atoms with Crippen LogP contribution in [-0.2, 0) is 19.6 Å². The highest BCUT2D eigenvalue weighted by Gasteiger charge is 2.53. The minimum absolute atomic E-state index is 0.00228. The van der Waals surface area contributed by atoms with E-state index in [1.165, 1.54) is 0 Å². The van der Waals surface area contributed by atoms with E-state index in [2.05, 4.69) is 4.72 Å². The third kappa shape index (κ3) is 4.05. The van der Waals surface area contributed by atoms with Gasteiger partial charge >= 0.3 is 0 Å². The van der Waals surface area contributed by atoms with Crippen molar-refractivity contribution < 1.29 is 17.9 Å². The summed E-state index contributed by atoms with van der Waals surface area (Å²) < 4.78 is 30.8. The molecule has 1 spiro atoms. The first-order valence-electron chi connectivity index (χ1n) is 7.97. The van der Waals surface area contributed by atoms with E-state index in [9.17, 15) is 13.2 Å². The van der Waals surface area contributed by atoms with Gasteiger partial charge < -0.3 is 9.64 Å². The first-order valence-corrected chi connectivity index (χ1v) is 10.7. The Balaban J connectivity index is 1.50. The highest BCUT2D eigenvalue weighted by molar-refractivity contribution is 7.88. The fraction of sp³-hybridized carbons (Fsp3) is 0.562. The summed E-state index contributed by atoms with van der Waals surface area (Å²) in [6, 6.07) is 3.92. The number of nitrogens with one attached hydrogen (secondary N) is 1. The van der Waals surface area contributed by atoms with Crippen LogP contribution in [0.15, 0.2) is 23.6 Å². The first-order chi connectivity index (χ1) is 11.4. The van der Waals surface area contributed by atoms with Gasteiger partial charge in [-0.15, -0.1) is 11.3 Å². The van der Waals surface area contributed by atoms with Crippen molar-refractivity contribution in [2.45, 2.75) is 18.4 Å². The van der Waals surface area contributed by atoms with Gasteiger partial charge in [0, 0.05) is 24.1 Å². The van der Waals surface area contributed by atoms with Crippen molar-refractivity contribution in [1.29, 1.82) is 0 Å². The van der Waals surface area contributed by atoms with Crippen molar-refractivity contribution >= 4 is 33.3 Å². The highest BCUT2D eigenvalue weighted by atomic mass is 32.2. The number of ether oxygens (including phenoxy) is 1. The van der Waals surface area contributed by atoms with Crippen LogP contribution >= 0.6 is 11.3 Å². The fourth-order valence-electron chi connectivity index (χ4n) is 3.36. The summed E-state index contributed by atoms with van der Waals surface area (Å²) in [5.74, 6) is 0.287. The summed E-state index contributed by atoms with van der Waals surface area (Å²) in [7, 11) is -3.16. The van der Waals surface area contributed by atoms with Gasteiger partial charge in [0.2, 0.25) is 15.9 Å². The monoisotopic (exact) mass is 370 g/mol. The molecule has 8 heteroatoms. The molecule has 1 atom stereocenters. The van der Waals surface area contributed by atoms with Crippen LogP contribution in [0.5, 0.6) is 0 Å². The van der Waals surface area contributed by atoms with Crippen LogP contribution in [0.1, 0.15) is 17.7 Å². The first kappa shape index (κ1) is 17.6. The van der Waals surface area contributed by atoms with Gasteiger partial charge in [-0.1, -0.05) is 6.07 Å². The molecule has 1 aromatic rings. The van der Waals surface area contributed by atoms with E-state index in [0.29, 0.717) is 26.2 Å². The maximum Gasteiger partial charge on any atom is 0.246 e. The molecule has 0 unspecified atom stereocenters. The lowest BCUT2D eigenvalue weighted by Gasteiger charge is -2.50. The molecule has 1 amide bonds. The molecule has 1 N–H and O–H groups in total. The quantitative estimate of drug-likeness (QED) is 0.767. The van der Waals surface area contributed by atoms with Gasteiger partial charge in [-0.25, -0.2) is 13.1 Å². The largest absolute Gasteiger partial charge is 0.371 e. The lowest BCUT2D eigenvalue weighted by atomic mass is 9.79. The number of thiophene rings is 1. The number of likely N-dealkylation sites (tertiary alicyclic amines) is 1. The Kier molecular flexibility index (Phi) is 5.10. The van der Waals surface area contributed by atoms with Crippen LogP contribution in [0.25, 0.3) is 6.08 Å². The number of hydrogen-bond donors (Lipinski definition) is 1. The van der Waals surface area contributed by atoms with E-state index in [1.807, 2.05) is 23.6 Å². The van der Waals surface area contributed by atoms with Crippen LogP contribution in [0, 0.1) is 5.92 Å². The normalized spacial score (nSPS) is 23.0. The topological polar surface area (TPSA) is 75.7 Å². The van der Waals surface area contributed by atoms with E-state index in [1.54, 1.807) is 22.3 Å². The summed E-state index contributed by atoms with van der Waals surface area (Å²) in [4.78, 5) is 15.0. The van der Waals surface area contributed by atoms with Crippen LogP contribution < -0.4 is 4.72 Å². The van der Waals surface area contributed by atoms with E-state index in [0.717, 1.165) is 24.0 Å². The van der Waals surface area contributed by atoms with Crippen LogP contribution in [0.3, 0.4) is 0 Å². The Hall–Kier alpha value is -1.22. The van der Waals surface area contributed by atoms with Gasteiger partial charge in [0.05, 0.1) is 19.3 Å². The molecule has 2 aliphatic rings. The standard InChI is InChI=1S/C16H22N2O4S2/c1-24(20,21)17-8-6-13-7-9-22-16(13)11-18(12-16)15(19)5-4-14-3-2-10-23-14/h2-5,10,13,17H,6-9,11-12H2,1H3/b5-4+/t13-/m0/s1. The summed E-state index contributed by atoms with van der Waals surface area (Å²) in [5.41, 5.74) is -0.286. The highest BCUT2D eigenvalue weighted by Crippen LogP contribution is 2.41. The number of carbonyl (C=O) groups is 1. The summed E-state index contributed by atoms with van der Waals surface area (Å²) >= 11 is 1.59. The summed E-state index contributed by atoms with van der Waals surface area (Å²) in [5, 5.41) is 1.98. The molecule has 132 valence electrons. The van der Waals surface area contributed by atoms with Crippen LogP contribution in [0.4, 0.5) is 0 Å². The minimum Gasteiger partial charge on any atom is -0.371 e. The molecule has 1 aromatic heterocycles. The zero-order valence-electron chi connectivity index (χ0n) is 13.6. The Labute approximate surface area is 146 Å². The van der Waals surface area contributed by atoms with Gasteiger partial charge in [-0.05, 0) is 36.3 Å². The van der Waals surface area contributed by atoms with Gasteiger partial charge in [-0.2, -0.15) is 0 Å². The second-order valence-electron chi connectivity index (χ2n) is 6.40. The predicted molar refractivity (Wildman–Crippen MR) is 94.2 cm³/mol. The molecule has 24 heavy (non-hydrogen) atoms. The molecule has 0 aliphatic carbocycles. The molecule has 0 bridgehead atoms. The molecular formula is C16H22N2O4S2. The predicted octanol–water partition coefficient (Wildman–Crippen LogP) is 1.32.